The van der Waals surface area contributed by atoms with Crippen molar-refractivity contribution in [3.63, 3.8) is 0 Å². The van der Waals surface area contributed by atoms with E-state index >= 15 is 0 Å². The summed E-state index contributed by atoms with van der Waals surface area (Å²) in [5.41, 5.74) is 3.43. The van der Waals surface area contributed by atoms with Gasteiger partial charge in [0.15, 0.2) is 0 Å². The van der Waals surface area contributed by atoms with E-state index in [0.717, 1.165) is 31.9 Å². The average molecular weight is 221 g/mol. The monoisotopic (exact) mass is 221 g/mol. The number of amides is 1. The van der Waals surface area contributed by atoms with Gasteiger partial charge in [0, 0.05) is 38.1 Å². The second-order valence-corrected chi connectivity index (χ2v) is 3.61. The minimum Gasteiger partial charge on any atom is -0.369 e. The molecule has 2 rings (SSSR count). The van der Waals surface area contributed by atoms with E-state index in [2.05, 4.69) is 20.6 Å². The van der Waals surface area contributed by atoms with Gasteiger partial charge < -0.3 is 10.2 Å². The number of nitrogens with zero attached hydrogens (tertiary/aromatic N) is 2. The summed E-state index contributed by atoms with van der Waals surface area (Å²) < 4.78 is 0. The lowest BCUT2D eigenvalue weighted by atomic mass is 10.2. The van der Waals surface area contributed by atoms with E-state index in [1.165, 1.54) is 0 Å². The van der Waals surface area contributed by atoms with Gasteiger partial charge in [-0.05, 0) is 12.1 Å². The van der Waals surface area contributed by atoms with E-state index in [1.54, 1.807) is 12.3 Å². The van der Waals surface area contributed by atoms with Crippen LogP contribution in [0.2, 0.25) is 0 Å². The zero-order valence-electron chi connectivity index (χ0n) is 8.94. The summed E-state index contributed by atoms with van der Waals surface area (Å²) in [4.78, 5) is 17.5. The molecule has 6 nitrogen and oxygen atoms in total. The molecule has 1 aromatic heterocycles. The molecule has 4 N–H and O–H groups in total. The van der Waals surface area contributed by atoms with E-state index in [4.69, 9.17) is 5.84 Å². The Morgan fingerprint density at radius 3 is 2.94 bits per heavy atom. The summed E-state index contributed by atoms with van der Waals surface area (Å²) in [6, 6.07) is 3.66. The quantitative estimate of drug-likeness (QED) is 0.342. The number of anilines is 1. The predicted molar refractivity (Wildman–Crippen MR) is 61.0 cm³/mol. The van der Waals surface area contributed by atoms with Crippen LogP contribution in [0.5, 0.6) is 0 Å². The number of nitrogens with one attached hydrogen (secondary N) is 2. The molecule has 86 valence electrons. The zero-order valence-corrected chi connectivity index (χ0v) is 8.94. The molecule has 1 fully saturated rings. The first kappa shape index (κ1) is 10.8. The van der Waals surface area contributed by atoms with Crippen LogP contribution in [0.4, 0.5) is 5.69 Å². The Labute approximate surface area is 93.8 Å². The van der Waals surface area contributed by atoms with Gasteiger partial charge in [-0.2, -0.15) is 0 Å². The Morgan fingerprint density at radius 1 is 1.50 bits per heavy atom. The van der Waals surface area contributed by atoms with Crippen molar-refractivity contribution in [1.82, 2.24) is 15.7 Å². The standard InChI is InChI=1S/C10H15N5O/c11-14-10(16)9-7-8(1-2-13-9)15-5-3-12-4-6-15/h1-2,7,12H,3-6,11H2,(H,14,16). The summed E-state index contributed by atoms with van der Waals surface area (Å²) in [5.74, 6) is 4.71. The highest BCUT2D eigenvalue weighted by Crippen LogP contribution is 2.14. The van der Waals surface area contributed by atoms with Crippen molar-refractivity contribution < 1.29 is 4.79 Å². The van der Waals surface area contributed by atoms with Crippen molar-refractivity contribution in [2.24, 2.45) is 5.84 Å². The number of rotatable bonds is 2. The number of aromatic nitrogens is 1. The van der Waals surface area contributed by atoms with Crippen LogP contribution < -0.4 is 21.5 Å². The topological polar surface area (TPSA) is 83.3 Å². The van der Waals surface area contributed by atoms with Crippen LogP contribution in [0, 0.1) is 0 Å². The molecular weight excluding hydrogens is 206 g/mol. The van der Waals surface area contributed by atoms with Gasteiger partial charge in [0.25, 0.3) is 5.91 Å². The number of pyridine rings is 1. The van der Waals surface area contributed by atoms with Gasteiger partial charge in [0.1, 0.15) is 5.69 Å². The first-order chi connectivity index (χ1) is 7.81. The molecule has 1 aliphatic heterocycles. The van der Waals surface area contributed by atoms with Crippen LogP contribution in [0.25, 0.3) is 0 Å². The highest BCUT2D eigenvalue weighted by molar-refractivity contribution is 5.92. The van der Waals surface area contributed by atoms with Crippen LogP contribution in [0.3, 0.4) is 0 Å². The van der Waals surface area contributed by atoms with Gasteiger partial charge in [0.2, 0.25) is 0 Å². The van der Waals surface area contributed by atoms with Crippen LogP contribution in [0.15, 0.2) is 18.3 Å². The highest BCUT2D eigenvalue weighted by Gasteiger charge is 2.12. The summed E-state index contributed by atoms with van der Waals surface area (Å²) >= 11 is 0. The Bertz CT molecular complexity index is 375. The smallest absolute Gasteiger partial charge is 0.283 e. The third-order valence-electron chi connectivity index (χ3n) is 2.59. The molecular formula is C10H15N5O. The molecule has 1 saturated heterocycles. The molecule has 0 aromatic carbocycles. The van der Waals surface area contributed by atoms with E-state index in [9.17, 15) is 4.79 Å². The van der Waals surface area contributed by atoms with Crippen LogP contribution in [0.1, 0.15) is 10.5 Å². The molecule has 1 aromatic rings. The number of carbonyl (C=O) groups is 1. The second kappa shape index (κ2) is 4.91. The lowest BCUT2D eigenvalue weighted by Gasteiger charge is -2.29. The molecule has 0 bridgehead atoms. The Morgan fingerprint density at radius 2 is 2.25 bits per heavy atom. The van der Waals surface area contributed by atoms with Crippen molar-refractivity contribution in [3.8, 4) is 0 Å². The summed E-state index contributed by atoms with van der Waals surface area (Å²) in [7, 11) is 0. The predicted octanol–water partition coefficient (Wildman–Crippen LogP) is -0.905. The van der Waals surface area contributed by atoms with E-state index in [-0.39, 0.29) is 5.91 Å². The van der Waals surface area contributed by atoms with Crippen molar-refractivity contribution in [2.45, 2.75) is 0 Å². The zero-order chi connectivity index (χ0) is 11.4. The first-order valence-electron chi connectivity index (χ1n) is 5.24. The third-order valence-corrected chi connectivity index (χ3v) is 2.59. The number of nitrogen functional groups attached to an aromatic ring is 1. The molecule has 0 spiro atoms. The molecule has 0 saturated carbocycles. The molecule has 6 heteroatoms. The maximum absolute atomic E-state index is 11.3. The SMILES string of the molecule is NNC(=O)c1cc(N2CCNCC2)ccn1. The number of nitrogens with two attached hydrogens (primary N) is 1. The summed E-state index contributed by atoms with van der Waals surface area (Å²) in [6.45, 7) is 3.79. The van der Waals surface area contributed by atoms with Crippen LogP contribution in [-0.2, 0) is 0 Å². The molecule has 0 aliphatic carbocycles. The normalized spacial score (nSPS) is 15.9. The van der Waals surface area contributed by atoms with E-state index < -0.39 is 0 Å². The number of piperazine rings is 1. The average Bonchev–Trinajstić information content (AvgIpc) is 2.39. The van der Waals surface area contributed by atoms with Gasteiger partial charge in [-0.25, -0.2) is 5.84 Å². The lowest BCUT2D eigenvalue weighted by Crippen LogP contribution is -2.43. The fraction of sp³-hybridized carbons (Fsp3) is 0.400. The van der Waals surface area contributed by atoms with Gasteiger partial charge in [-0.15, -0.1) is 0 Å². The minimum atomic E-state index is -0.364. The summed E-state index contributed by atoms with van der Waals surface area (Å²) in [6.07, 6.45) is 1.63. The third kappa shape index (κ3) is 2.29. The second-order valence-electron chi connectivity index (χ2n) is 3.61. The fourth-order valence-corrected chi connectivity index (χ4v) is 1.74. The minimum absolute atomic E-state index is 0.346. The van der Waals surface area contributed by atoms with E-state index in [1.807, 2.05) is 6.07 Å². The Balaban J connectivity index is 2.17. The maximum atomic E-state index is 11.3. The maximum Gasteiger partial charge on any atom is 0.283 e. The van der Waals surface area contributed by atoms with Crippen LogP contribution in [-0.4, -0.2) is 37.1 Å². The Kier molecular flexibility index (Phi) is 3.33. The Hall–Kier alpha value is -1.66. The number of carbonyl (C=O) groups excluding carboxylic acids is 1. The molecule has 2 heterocycles. The molecule has 1 amide bonds. The van der Waals surface area contributed by atoms with Gasteiger partial charge in [-0.1, -0.05) is 0 Å². The van der Waals surface area contributed by atoms with Crippen molar-refractivity contribution in [2.75, 3.05) is 31.1 Å². The molecule has 0 unspecified atom stereocenters. The molecule has 0 radical (unpaired) electrons. The number of hydrogen-bond acceptors (Lipinski definition) is 5. The van der Waals surface area contributed by atoms with Gasteiger partial charge in [-0.3, -0.25) is 15.2 Å². The van der Waals surface area contributed by atoms with E-state index in [0.29, 0.717) is 5.69 Å². The van der Waals surface area contributed by atoms with Crippen molar-refractivity contribution in [1.29, 1.82) is 0 Å². The fourth-order valence-electron chi connectivity index (χ4n) is 1.74. The number of hydrazine groups is 1. The summed E-state index contributed by atoms with van der Waals surface area (Å²) in [5, 5.41) is 3.28. The van der Waals surface area contributed by atoms with Crippen LogP contribution >= 0.6 is 0 Å². The van der Waals surface area contributed by atoms with Gasteiger partial charge >= 0.3 is 0 Å². The highest BCUT2D eigenvalue weighted by atomic mass is 16.2. The lowest BCUT2D eigenvalue weighted by molar-refractivity contribution is 0.0948. The first-order valence-corrected chi connectivity index (χ1v) is 5.24. The molecule has 16 heavy (non-hydrogen) atoms. The van der Waals surface area contributed by atoms with Crippen molar-refractivity contribution >= 4 is 11.6 Å². The molecule has 1 aliphatic rings. The largest absolute Gasteiger partial charge is 0.369 e. The van der Waals surface area contributed by atoms with Gasteiger partial charge in [0.05, 0.1) is 0 Å². The molecule has 0 atom stereocenters. The van der Waals surface area contributed by atoms with Crippen molar-refractivity contribution in [3.05, 3.63) is 24.0 Å². The number of hydrogen-bond donors (Lipinski definition) is 3.